The Hall–Kier alpha value is -3.06. The highest BCUT2D eigenvalue weighted by atomic mass is 19.1. The van der Waals surface area contributed by atoms with Gasteiger partial charge in [0.05, 0.1) is 24.4 Å². The number of aliphatic hydroxyl groups excluding tert-OH is 1. The minimum absolute atomic E-state index is 0.0791. The van der Waals surface area contributed by atoms with Gasteiger partial charge < -0.3 is 10.0 Å². The van der Waals surface area contributed by atoms with Crippen molar-refractivity contribution in [3.8, 4) is 11.3 Å². The van der Waals surface area contributed by atoms with Crippen LogP contribution in [0.25, 0.3) is 11.3 Å². The van der Waals surface area contributed by atoms with E-state index in [1.54, 1.807) is 23.0 Å². The summed E-state index contributed by atoms with van der Waals surface area (Å²) < 4.78 is 14.9. The van der Waals surface area contributed by atoms with Crippen LogP contribution in [0.1, 0.15) is 56.7 Å². The van der Waals surface area contributed by atoms with Crippen LogP contribution < -0.4 is 0 Å². The number of hydrogen-bond acceptors (Lipinski definition) is 4. The summed E-state index contributed by atoms with van der Waals surface area (Å²) in [4.78, 5) is 14.8. The summed E-state index contributed by atoms with van der Waals surface area (Å²) in [5.74, 6) is -0.228. The first-order valence-corrected chi connectivity index (χ1v) is 11.3. The van der Waals surface area contributed by atoms with E-state index >= 15 is 0 Å². The van der Waals surface area contributed by atoms with Crippen LogP contribution >= 0.6 is 0 Å². The third-order valence-electron chi connectivity index (χ3n) is 6.16. The van der Waals surface area contributed by atoms with Gasteiger partial charge in [-0.15, -0.1) is 5.10 Å². The van der Waals surface area contributed by atoms with Crippen molar-refractivity contribution < 1.29 is 14.3 Å². The predicted molar refractivity (Wildman–Crippen MR) is 120 cm³/mol. The van der Waals surface area contributed by atoms with Crippen LogP contribution in [0.2, 0.25) is 0 Å². The van der Waals surface area contributed by atoms with Crippen molar-refractivity contribution in [1.29, 1.82) is 0 Å². The largest absolute Gasteiger partial charge is 0.389 e. The molecule has 0 aliphatic carbocycles. The summed E-state index contributed by atoms with van der Waals surface area (Å²) in [5.41, 5.74) is 2.42. The second-order valence-corrected chi connectivity index (χ2v) is 8.39. The van der Waals surface area contributed by atoms with E-state index in [0.29, 0.717) is 18.5 Å². The van der Waals surface area contributed by atoms with E-state index in [0.717, 1.165) is 30.4 Å². The molecule has 6 nitrogen and oxygen atoms in total. The Balaban J connectivity index is 1.57. The number of aromatic nitrogens is 3. The molecule has 1 aliphatic rings. The van der Waals surface area contributed by atoms with Crippen LogP contribution in [0.5, 0.6) is 0 Å². The SMILES string of the molecule is CCCCCC(=O)N1C[C@H](O)[C@@H](n2cc(-c3ccc(F)cc3)nn2)C[C@@H]1c1ccccc1. The topological polar surface area (TPSA) is 71.2 Å². The maximum Gasteiger partial charge on any atom is 0.223 e. The van der Waals surface area contributed by atoms with Crippen molar-refractivity contribution in [2.24, 2.45) is 0 Å². The maximum absolute atomic E-state index is 13.2. The lowest BCUT2D eigenvalue weighted by atomic mass is 9.89. The molecule has 1 amide bonds. The van der Waals surface area contributed by atoms with E-state index in [1.165, 1.54) is 12.1 Å². The highest BCUT2D eigenvalue weighted by Crippen LogP contribution is 2.37. The van der Waals surface area contributed by atoms with E-state index in [4.69, 9.17) is 0 Å². The molecule has 32 heavy (non-hydrogen) atoms. The number of aliphatic hydroxyl groups is 1. The van der Waals surface area contributed by atoms with Crippen LogP contribution in [0, 0.1) is 5.82 Å². The molecule has 7 heteroatoms. The molecule has 0 saturated carbocycles. The summed E-state index contributed by atoms with van der Waals surface area (Å²) in [6.45, 7) is 2.37. The molecule has 0 spiro atoms. The molecule has 0 radical (unpaired) electrons. The zero-order chi connectivity index (χ0) is 22.5. The number of unbranched alkanes of at least 4 members (excludes halogenated alkanes) is 2. The molecule has 1 N–H and O–H groups in total. The van der Waals surface area contributed by atoms with Gasteiger partial charge in [-0.2, -0.15) is 0 Å². The number of piperidine rings is 1. The molecular weight excluding hydrogens is 407 g/mol. The molecule has 0 bridgehead atoms. The lowest BCUT2D eigenvalue weighted by Crippen LogP contribution is -2.49. The summed E-state index contributed by atoms with van der Waals surface area (Å²) in [6, 6.07) is 15.6. The van der Waals surface area contributed by atoms with Crippen LogP contribution in [-0.2, 0) is 4.79 Å². The van der Waals surface area contributed by atoms with Crippen molar-refractivity contribution in [3.63, 3.8) is 0 Å². The second kappa shape index (κ2) is 10.0. The number of carbonyl (C=O) groups is 1. The molecule has 168 valence electrons. The minimum Gasteiger partial charge on any atom is -0.389 e. The van der Waals surface area contributed by atoms with Crippen LogP contribution in [0.4, 0.5) is 4.39 Å². The fraction of sp³-hybridized carbons (Fsp3) is 0.400. The van der Waals surface area contributed by atoms with Crippen molar-refractivity contribution >= 4 is 5.91 Å². The summed E-state index contributed by atoms with van der Waals surface area (Å²) in [5, 5.41) is 19.4. The smallest absolute Gasteiger partial charge is 0.223 e. The van der Waals surface area contributed by atoms with E-state index in [-0.39, 0.29) is 30.4 Å². The van der Waals surface area contributed by atoms with Gasteiger partial charge in [-0.25, -0.2) is 9.07 Å². The third kappa shape index (κ3) is 4.88. The van der Waals surface area contributed by atoms with Crippen molar-refractivity contribution in [2.45, 2.75) is 57.2 Å². The molecule has 0 unspecified atom stereocenters. The zero-order valence-electron chi connectivity index (χ0n) is 18.3. The number of carbonyl (C=O) groups excluding carboxylic acids is 1. The van der Waals surface area contributed by atoms with Crippen LogP contribution in [-0.4, -0.2) is 43.6 Å². The van der Waals surface area contributed by atoms with Gasteiger partial charge in [0.25, 0.3) is 0 Å². The van der Waals surface area contributed by atoms with Gasteiger partial charge >= 0.3 is 0 Å². The molecule has 3 atom stereocenters. The van der Waals surface area contributed by atoms with Gasteiger partial charge in [-0.3, -0.25) is 4.79 Å². The first-order chi connectivity index (χ1) is 15.6. The Morgan fingerprint density at radius 2 is 1.88 bits per heavy atom. The molecule has 4 rings (SSSR count). The Morgan fingerprint density at radius 1 is 1.12 bits per heavy atom. The van der Waals surface area contributed by atoms with Gasteiger partial charge in [0.1, 0.15) is 11.5 Å². The van der Waals surface area contributed by atoms with Gasteiger partial charge in [0.15, 0.2) is 0 Å². The van der Waals surface area contributed by atoms with E-state index in [2.05, 4.69) is 17.2 Å². The molecule has 1 saturated heterocycles. The molecule has 1 fully saturated rings. The van der Waals surface area contributed by atoms with Crippen molar-refractivity contribution in [2.75, 3.05) is 6.54 Å². The first kappa shape index (κ1) is 22.1. The van der Waals surface area contributed by atoms with Crippen LogP contribution in [0.3, 0.4) is 0 Å². The van der Waals surface area contributed by atoms with Crippen molar-refractivity contribution in [3.05, 3.63) is 72.2 Å². The summed E-state index contributed by atoms with van der Waals surface area (Å²) in [7, 11) is 0. The molecule has 1 aromatic heterocycles. The number of nitrogens with zero attached hydrogens (tertiary/aromatic N) is 4. The van der Waals surface area contributed by atoms with E-state index in [1.807, 2.05) is 35.2 Å². The van der Waals surface area contributed by atoms with Gasteiger partial charge in [0, 0.05) is 18.5 Å². The Morgan fingerprint density at radius 3 is 2.59 bits per heavy atom. The first-order valence-electron chi connectivity index (χ1n) is 11.3. The van der Waals surface area contributed by atoms with Gasteiger partial charge in [0.2, 0.25) is 5.91 Å². The highest BCUT2D eigenvalue weighted by molar-refractivity contribution is 5.77. The lowest BCUT2D eigenvalue weighted by Gasteiger charge is -2.42. The standard InChI is InChI=1S/C25H29FN4O2/c1-2-3-5-10-25(32)29-17-24(31)23(15-22(29)19-8-6-4-7-9-19)30-16-21(27-28-30)18-11-13-20(26)14-12-18/h4,6-9,11-14,16,22-24,31H,2-3,5,10,15,17H2,1H3/t22-,23+,24+/m1/s1. The van der Waals surface area contributed by atoms with Gasteiger partial charge in [-0.1, -0.05) is 55.3 Å². The number of rotatable bonds is 7. The zero-order valence-corrected chi connectivity index (χ0v) is 18.3. The average Bonchev–Trinajstić information content (AvgIpc) is 3.30. The van der Waals surface area contributed by atoms with E-state index in [9.17, 15) is 14.3 Å². The number of halogens is 1. The number of benzene rings is 2. The van der Waals surface area contributed by atoms with Crippen LogP contribution in [0.15, 0.2) is 60.8 Å². The lowest BCUT2D eigenvalue weighted by molar-refractivity contribution is -0.140. The average molecular weight is 437 g/mol. The predicted octanol–water partition coefficient (Wildman–Crippen LogP) is 4.54. The highest BCUT2D eigenvalue weighted by Gasteiger charge is 2.39. The number of β-amino-alcohol motifs (C(OH)–C–C–N with tert-alkyl or cyclic N) is 1. The molecular formula is C25H29FN4O2. The maximum atomic E-state index is 13.2. The fourth-order valence-electron chi connectivity index (χ4n) is 4.38. The Bertz CT molecular complexity index is 1020. The number of likely N-dealkylation sites (tertiary alicyclic amines) is 1. The minimum atomic E-state index is -0.757. The quantitative estimate of drug-likeness (QED) is 0.552. The monoisotopic (exact) mass is 436 g/mol. The molecule has 2 aromatic carbocycles. The van der Waals surface area contributed by atoms with Gasteiger partial charge in [-0.05, 0) is 42.7 Å². The Kier molecular flexibility index (Phi) is 6.95. The van der Waals surface area contributed by atoms with Crippen molar-refractivity contribution in [1.82, 2.24) is 19.9 Å². The normalized spacial score (nSPS) is 21.0. The molecule has 3 aromatic rings. The second-order valence-electron chi connectivity index (χ2n) is 8.39. The molecule has 1 aliphatic heterocycles. The summed E-state index contributed by atoms with van der Waals surface area (Å²) >= 11 is 0. The fourth-order valence-corrected chi connectivity index (χ4v) is 4.38. The number of hydrogen-bond donors (Lipinski definition) is 1. The number of amides is 1. The molecule has 2 heterocycles. The third-order valence-corrected chi connectivity index (χ3v) is 6.16. The van der Waals surface area contributed by atoms with E-state index < -0.39 is 6.10 Å². The Labute approximate surface area is 187 Å². The summed E-state index contributed by atoms with van der Waals surface area (Å²) in [6.07, 6.45) is 4.99.